The van der Waals surface area contributed by atoms with Gasteiger partial charge in [-0.3, -0.25) is 4.68 Å². The van der Waals surface area contributed by atoms with Gasteiger partial charge in [0, 0.05) is 18.7 Å². The first kappa shape index (κ1) is 13.4. The minimum absolute atomic E-state index is 0.784. The van der Waals surface area contributed by atoms with Crippen molar-refractivity contribution >= 4 is 11.6 Å². The second-order valence-electron chi connectivity index (χ2n) is 6.32. The van der Waals surface area contributed by atoms with E-state index in [4.69, 9.17) is 11.6 Å². The summed E-state index contributed by atoms with van der Waals surface area (Å²) in [6, 6.07) is 0.824. The molecule has 3 rings (SSSR count). The molecule has 1 N–H and O–H groups in total. The molecule has 0 aromatic carbocycles. The first-order chi connectivity index (χ1) is 9.15. The predicted molar refractivity (Wildman–Crippen MR) is 78.5 cm³/mol. The zero-order chi connectivity index (χ0) is 13.4. The van der Waals surface area contributed by atoms with Crippen molar-refractivity contribution in [3.05, 3.63) is 16.4 Å². The molecule has 0 spiro atoms. The van der Waals surface area contributed by atoms with E-state index < -0.39 is 0 Å². The van der Waals surface area contributed by atoms with Gasteiger partial charge >= 0.3 is 0 Å². The second-order valence-corrected chi connectivity index (χ2v) is 6.67. The smallest absolute Gasteiger partial charge is 0.130 e. The molecule has 2 fully saturated rings. The maximum Gasteiger partial charge on any atom is 0.130 e. The summed E-state index contributed by atoms with van der Waals surface area (Å²) in [5, 5.41) is 8.96. The standard InChI is InChI=1S/C15H24ClN3/c1-10-14(15(16)19(2)18-10)8-11-4-3-5-12(11)9-17-13-6-7-13/h11-13,17H,3-9H2,1-2H3. The van der Waals surface area contributed by atoms with E-state index in [0.717, 1.165) is 35.1 Å². The van der Waals surface area contributed by atoms with E-state index in [1.807, 2.05) is 7.05 Å². The molecule has 19 heavy (non-hydrogen) atoms. The number of rotatable bonds is 5. The van der Waals surface area contributed by atoms with Crippen LogP contribution in [0, 0.1) is 18.8 Å². The van der Waals surface area contributed by atoms with Gasteiger partial charge in [0.05, 0.1) is 5.69 Å². The molecule has 106 valence electrons. The molecule has 0 amide bonds. The SMILES string of the molecule is Cc1nn(C)c(Cl)c1CC1CCCC1CNC1CC1. The van der Waals surface area contributed by atoms with E-state index >= 15 is 0 Å². The molecule has 2 saturated carbocycles. The van der Waals surface area contributed by atoms with Gasteiger partial charge in [0.1, 0.15) is 5.15 Å². The van der Waals surface area contributed by atoms with Crippen molar-refractivity contribution in [3.63, 3.8) is 0 Å². The van der Waals surface area contributed by atoms with Gasteiger partial charge in [0.15, 0.2) is 0 Å². The van der Waals surface area contributed by atoms with Crippen LogP contribution >= 0.6 is 11.6 Å². The van der Waals surface area contributed by atoms with Gasteiger partial charge in [-0.15, -0.1) is 0 Å². The summed E-state index contributed by atoms with van der Waals surface area (Å²) in [4.78, 5) is 0. The molecular weight excluding hydrogens is 258 g/mol. The lowest BCUT2D eigenvalue weighted by Gasteiger charge is -2.20. The average molecular weight is 282 g/mol. The predicted octanol–water partition coefficient (Wildman–Crippen LogP) is 3.09. The summed E-state index contributed by atoms with van der Waals surface area (Å²) in [6.45, 7) is 3.28. The van der Waals surface area contributed by atoms with Gasteiger partial charge in [0.2, 0.25) is 0 Å². The lowest BCUT2D eigenvalue weighted by molar-refractivity contribution is 0.363. The highest BCUT2D eigenvalue weighted by Gasteiger charge is 2.31. The summed E-state index contributed by atoms with van der Waals surface area (Å²) in [5.41, 5.74) is 2.38. The Morgan fingerprint density at radius 3 is 2.63 bits per heavy atom. The Morgan fingerprint density at radius 1 is 1.26 bits per heavy atom. The molecule has 1 aromatic rings. The number of hydrogen-bond acceptors (Lipinski definition) is 2. The van der Waals surface area contributed by atoms with E-state index in [9.17, 15) is 0 Å². The van der Waals surface area contributed by atoms with Crippen LogP contribution in [0.2, 0.25) is 5.15 Å². The Kier molecular flexibility index (Phi) is 3.86. The molecule has 4 heteroatoms. The minimum Gasteiger partial charge on any atom is -0.314 e. The first-order valence-corrected chi connectivity index (χ1v) is 7.94. The molecule has 0 bridgehead atoms. The Labute approximate surface area is 120 Å². The number of aryl methyl sites for hydroxylation is 2. The minimum atomic E-state index is 0.784. The molecule has 0 radical (unpaired) electrons. The molecule has 0 saturated heterocycles. The highest BCUT2D eigenvalue weighted by atomic mass is 35.5. The number of halogens is 1. The lowest BCUT2D eigenvalue weighted by Crippen LogP contribution is -2.27. The van der Waals surface area contributed by atoms with Crippen LogP contribution < -0.4 is 5.32 Å². The maximum absolute atomic E-state index is 6.36. The van der Waals surface area contributed by atoms with Gasteiger partial charge in [-0.05, 0) is 57.4 Å². The van der Waals surface area contributed by atoms with Crippen LogP contribution in [0.15, 0.2) is 0 Å². The number of aromatic nitrogens is 2. The Morgan fingerprint density at radius 2 is 2.00 bits per heavy atom. The molecule has 1 heterocycles. The normalized spacial score (nSPS) is 27.1. The van der Waals surface area contributed by atoms with Crippen LogP contribution in [0.3, 0.4) is 0 Å². The number of nitrogens with one attached hydrogen (secondary N) is 1. The van der Waals surface area contributed by atoms with Gasteiger partial charge in [0.25, 0.3) is 0 Å². The Bertz CT molecular complexity index is 450. The Balaban J connectivity index is 1.63. The van der Waals surface area contributed by atoms with Crippen molar-refractivity contribution in [1.82, 2.24) is 15.1 Å². The van der Waals surface area contributed by atoms with Crippen molar-refractivity contribution in [2.75, 3.05) is 6.54 Å². The van der Waals surface area contributed by atoms with Crippen molar-refractivity contribution in [3.8, 4) is 0 Å². The highest BCUT2D eigenvalue weighted by molar-refractivity contribution is 6.30. The quantitative estimate of drug-likeness (QED) is 0.899. The van der Waals surface area contributed by atoms with Crippen LogP contribution in [0.5, 0.6) is 0 Å². The molecule has 3 nitrogen and oxygen atoms in total. The van der Waals surface area contributed by atoms with E-state index in [-0.39, 0.29) is 0 Å². The molecule has 2 aliphatic rings. The van der Waals surface area contributed by atoms with Crippen LogP contribution in [0.4, 0.5) is 0 Å². The second kappa shape index (κ2) is 5.45. The third-order valence-electron chi connectivity index (χ3n) is 4.80. The zero-order valence-corrected chi connectivity index (χ0v) is 12.7. The summed E-state index contributed by atoms with van der Waals surface area (Å²) in [6.07, 6.45) is 7.97. The van der Waals surface area contributed by atoms with Crippen LogP contribution in [0.1, 0.15) is 43.4 Å². The fourth-order valence-electron chi connectivity index (χ4n) is 3.42. The fraction of sp³-hybridized carbons (Fsp3) is 0.800. The van der Waals surface area contributed by atoms with Crippen molar-refractivity contribution < 1.29 is 0 Å². The third kappa shape index (κ3) is 2.97. The molecule has 2 atom stereocenters. The summed E-state index contributed by atoms with van der Waals surface area (Å²) in [7, 11) is 1.93. The van der Waals surface area contributed by atoms with E-state index in [1.54, 1.807) is 4.68 Å². The topological polar surface area (TPSA) is 29.9 Å². The van der Waals surface area contributed by atoms with Crippen molar-refractivity contribution in [2.24, 2.45) is 18.9 Å². The van der Waals surface area contributed by atoms with Gasteiger partial charge in [-0.25, -0.2) is 0 Å². The van der Waals surface area contributed by atoms with E-state index in [1.165, 1.54) is 44.2 Å². The van der Waals surface area contributed by atoms with E-state index in [2.05, 4.69) is 17.3 Å². The van der Waals surface area contributed by atoms with Crippen molar-refractivity contribution in [1.29, 1.82) is 0 Å². The van der Waals surface area contributed by atoms with Crippen LogP contribution in [-0.4, -0.2) is 22.4 Å². The summed E-state index contributed by atoms with van der Waals surface area (Å²) < 4.78 is 1.80. The zero-order valence-electron chi connectivity index (χ0n) is 12.0. The molecule has 2 aliphatic carbocycles. The number of nitrogens with zero attached hydrogens (tertiary/aromatic N) is 2. The summed E-state index contributed by atoms with van der Waals surface area (Å²) >= 11 is 6.36. The van der Waals surface area contributed by atoms with Gasteiger partial charge in [-0.2, -0.15) is 5.10 Å². The summed E-state index contributed by atoms with van der Waals surface area (Å²) in [5.74, 6) is 1.61. The third-order valence-corrected chi connectivity index (χ3v) is 5.27. The van der Waals surface area contributed by atoms with Gasteiger partial charge < -0.3 is 5.32 Å². The monoisotopic (exact) mass is 281 g/mol. The van der Waals surface area contributed by atoms with Crippen LogP contribution in [-0.2, 0) is 13.5 Å². The highest BCUT2D eigenvalue weighted by Crippen LogP contribution is 2.36. The average Bonchev–Trinajstić information content (AvgIpc) is 3.06. The Hall–Kier alpha value is -0.540. The lowest BCUT2D eigenvalue weighted by atomic mass is 9.89. The van der Waals surface area contributed by atoms with E-state index in [0.29, 0.717) is 0 Å². The van der Waals surface area contributed by atoms with Gasteiger partial charge in [-0.1, -0.05) is 18.0 Å². The largest absolute Gasteiger partial charge is 0.314 e. The first-order valence-electron chi connectivity index (χ1n) is 7.56. The maximum atomic E-state index is 6.36. The number of hydrogen-bond donors (Lipinski definition) is 1. The van der Waals surface area contributed by atoms with Crippen LogP contribution in [0.25, 0.3) is 0 Å². The molecule has 1 aromatic heterocycles. The molecule has 0 aliphatic heterocycles. The molecule has 2 unspecified atom stereocenters. The fourth-order valence-corrected chi connectivity index (χ4v) is 3.68. The van der Waals surface area contributed by atoms with Crippen molar-refractivity contribution in [2.45, 2.75) is 51.5 Å². The molecular formula is C15H24ClN3.